The number of benzene rings is 3. The largest absolute Gasteiger partial charge is 0.492 e. The van der Waals surface area contributed by atoms with Gasteiger partial charge in [0.25, 0.3) is 5.91 Å². The lowest BCUT2D eigenvalue weighted by molar-refractivity contribution is -0.122. The first-order valence-electron chi connectivity index (χ1n) is 9.72. The van der Waals surface area contributed by atoms with E-state index in [-0.39, 0.29) is 5.91 Å². The van der Waals surface area contributed by atoms with E-state index in [0.717, 1.165) is 17.5 Å². The molecular formula is C24H23BrN2O3. The van der Waals surface area contributed by atoms with Crippen LogP contribution in [-0.2, 0) is 4.79 Å². The van der Waals surface area contributed by atoms with Gasteiger partial charge in [0.1, 0.15) is 5.75 Å². The minimum atomic E-state index is -0.538. The Labute approximate surface area is 184 Å². The normalized spacial score (nSPS) is 10.5. The van der Waals surface area contributed by atoms with Gasteiger partial charge in [0.05, 0.1) is 17.0 Å². The predicted molar refractivity (Wildman–Crippen MR) is 120 cm³/mol. The van der Waals surface area contributed by atoms with Crippen LogP contribution in [0.5, 0.6) is 5.75 Å². The molecule has 0 unspecified atom stereocenters. The maximum atomic E-state index is 13.0. The fraction of sp³-hybridized carbons (Fsp3) is 0.167. The second kappa shape index (κ2) is 10.6. The van der Waals surface area contributed by atoms with Crippen molar-refractivity contribution in [3.05, 3.63) is 100 Å². The molecule has 2 amide bonds. The van der Waals surface area contributed by atoms with E-state index in [9.17, 15) is 9.59 Å². The number of carbonyl (C=O) groups is 2. The van der Waals surface area contributed by atoms with Gasteiger partial charge in [0, 0.05) is 5.56 Å². The first kappa shape index (κ1) is 21.6. The van der Waals surface area contributed by atoms with Gasteiger partial charge in [0.2, 0.25) is 5.91 Å². The minimum Gasteiger partial charge on any atom is -0.492 e. The summed E-state index contributed by atoms with van der Waals surface area (Å²) in [6.45, 7) is 2.62. The fourth-order valence-electron chi connectivity index (χ4n) is 3.02. The lowest BCUT2D eigenvalue weighted by Crippen LogP contribution is -2.44. The third-order valence-electron chi connectivity index (χ3n) is 4.48. The molecule has 0 bridgehead atoms. The molecule has 154 valence electrons. The number of hydrogen-bond donors (Lipinski definition) is 2. The van der Waals surface area contributed by atoms with E-state index in [1.54, 1.807) is 18.2 Å². The summed E-state index contributed by atoms with van der Waals surface area (Å²) < 4.78 is 6.28. The Balaban J connectivity index is 1.71. The van der Waals surface area contributed by atoms with Crippen molar-refractivity contribution in [2.75, 3.05) is 6.61 Å². The van der Waals surface area contributed by atoms with Gasteiger partial charge in [0.15, 0.2) is 0 Å². The van der Waals surface area contributed by atoms with Crippen LogP contribution in [0.3, 0.4) is 0 Å². The second-order valence-corrected chi connectivity index (χ2v) is 7.55. The van der Waals surface area contributed by atoms with E-state index < -0.39 is 11.8 Å². The molecule has 0 aromatic heterocycles. The van der Waals surface area contributed by atoms with E-state index in [2.05, 4.69) is 26.8 Å². The summed E-state index contributed by atoms with van der Waals surface area (Å²) in [7, 11) is 0. The molecule has 0 saturated heterocycles. The monoisotopic (exact) mass is 466 g/mol. The van der Waals surface area contributed by atoms with Crippen molar-refractivity contribution in [1.82, 2.24) is 10.9 Å². The Morgan fingerprint density at radius 3 is 2.03 bits per heavy atom. The third kappa shape index (κ3) is 5.48. The summed E-state index contributed by atoms with van der Waals surface area (Å²) in [4.78, 5) is 25.5. The van der Waals surface area contributed by atoms with Crippen LogP contribution < -0.4 is 15.6 Å². The number of hydrogen-bond acceptors (Lipinski definition) is 3. The molecule has 6 heteroatoms. The number of carbonyl (C=O) groups excluding carboxylic acids is 2. The molecule has 3 aromatic rings. The summed E-state index contributed by atoms with van der Waals surface area (Å²) in [5.41, 5.74) is 7.16. The zero-order valence-electron chi connectivity index (χ0n) is 16.6. The van der Waals surface area contributed by atoms with E-state index in [4.69, 9.17) is 4.74 Å². The van der Waals surface area contributed by atoms with Gasteiger partial charge in [-0.1, -0.05) is 67.6 Å². The van der Waals surface area contributed by atoms with E-state index in [0.29, 0.717) is 22.4 Å². The Morgan fingerprint density at radius 1 is 0.900 bits per heavy atom. The highest BCUT2D eigenvalue weighted by molar-refractivity contribution is 9.10. The smallest absolute Gasteiger partial charge is 0.269 e. The number of hydrazine groups is 1. The van der Waals surface area contributed by atoms with Crippen molar-refractivity contribution >= 4 is 27.7 Å². The summed E-state index contributed by atoms with van der Waals surface area (Å²) in [6.07, 6.45) is 0.894. The number of nitrogens with one attached hydrogen (secondary N) is 2. The molecule has 0 aliphatic heterocycles. The molecule has 3 aromatic carbocycles. The molecule has 0 fully saturated rings. The summed E-state index contributed by atoms with van der Waals surface area (Å²) in [5.74, 6) is -0.594. The summed E-state index contributed by atoms with van der Waals surface area (Å²) in [6, 6.07) is 24.0. The van der Waals surface area contributed by atoms with Crippen molar-refractivity contribution in [3.63, 3.8) is 0 Å². The van der Waals surface area contributed by atoms with Gasteiger partial charge in [-0.05, 0) is 51.7 Å². The first-order valence-corrected chi connectivity index (χ1v) is 10.5. The lowest BCUT2D eigenvalue weighted by atomic mass is 9.91. The van der Waals surface area contributed by atoms with Crippen molar-refractivity contribution in [2.45, 2.75) is 19.3 Å². The van der Waals surface area contributed by atoms with Crippen LogP contribution in [0.1, 0.15) is 40.7 Å². The lowest BCUT2D eigenvalue weighted by Gasteiger charge is -2.18. The molecule has 0 spiro atoms. The quantitative estimate of drug-likeness (QED) is 0.489. The topological polar surface area (TPSA) is 67.4 Å². The highest BCUT2D eigenvalue weighted by atomic mass is 79.9. The Bertz CT molecular complexity index is 954. The van der Waals surface area contributed by atoms with Crippen LogP contribution >= 0.6 is 15.9 Å². The molecule has 3 rings (SSSR count). The fourth-order valence-corrected chi connectivity index (χ4v) is 3.51. The Hall–Kier alpha value is -3.12. The van der Waals surface area contributed by atoms with Gasteiger partial charge < -0.3 is 4.74 Å². The van der Waals surface area contributed by atoms with Crippen LogP contribution in [0, 0.1) is 0 Å². The van der Waals surface area contributed by atoms with Gasteiger partial charge in [-0.2, -0.15) is 0 Å². The first-order chi connectivity index (χ1) is 14.6. The maximum absolute atomic E-state index is 13.0. The van der Waals surface area contributed by atoms with Crippen LogP contribution in [0.2, 0.25) is 0 Å². The van der Waals surface area contributed by atoms with Crippen LogP contribution in [0.25, 0.3) is 0 Å². The van der Waals surface area contributed by atoms with Gasteiger partial charge in [-0.15, -0.1) is 0 Å². The molecule has 30 heavy (non-hydrogen) atoms. The van der Waals surface area contributed by atoms with Gasteiger partial charge >= 0.3 is 0 Å². The van der Waals surface area contributed by atoms with Crippen LogP contribution in [-0.4, -0.2) is 18.4 Å². The Morgan fingerprint density at radius 2 is 1.50 bits per heavy atom. The molecule has 0 aliphatic carbocycles. The van der Waals surface area contributed by atoms with E-state index >= 15 is 0 Å². The van der Waals surface area contributed by atoms with E-state index in [1.165, 1.54) is 0 Å². The van der Waals surface area contributed by atoms with Crippen molar-refractivity contribution in [2.24, 2.45) is 0 Å². The number of rotatable bonds is 7. The van der Waals surface area contributed by atoms with Gasteiger partial charge in [-0.25, -0.2) is 0 Å². The van der Waals surface area contributed by atoms with Crippen molar-refractivity contribution < 1.29 is 14.3 Å². The molecule has 0 atom stereocenters. The minimum absolute atomic E-state index is 0.317. The molecule has 0 radical (unpaired) electrons. The number of amides is 2. The second-order valence-electron chi connectivity index (χ2n) is 6.69. The molecule has 0 aliphatic rings. The molecular weight excluding hydrogens is 444 g/mol. The van der Waals surface area contributed by atoms with E-state index in [1.807, 2.05) is 67.6 Å². The summed E-state index contributed by atoms with van der Waals surface area (Å²) in [5, 5.41) is 0. The predicted octanol–water partition coefficient (Wildman–Crippen LogP) is 4.83. The molecule has 0 heterocycles. The zero-order valence-corrected chi connectivity index (χ0v) is 18.2. The molecule has 2 N–H and O–H groups in total. The standard InChI is InChI=1S/C24H23BrN2O3/c1-2-15-30-21-14-13-19(16-20(21)25)23(28)26-27-24(29)22(17-9-5-3-6-10-17)18-11-7-4-8-12-18/h3-14,16,22H,2,15H2,1H3,(H,26,28)(H,27,29). The summed E-state index contributed by atoms with van der Waals surface area (Å²) >= 11 is 3.42. The number of halogens is 1. The average Bonchev–Trinajstić information content (AvgIpc) is 2.78. The zero-order chi connectivity index (χ0) is 21.3. The Kier molecular flexibility index (Phi) is 7.63. The highest BCUT2D eigenvalue weighted by Crippen LogP contribution is 2.26. The molecule has 5 nitrogen and oxygen atoms in total. The highest BCUT2D eigenvalue weighted by Gasteiger charge is 2.23. The van der Waals surface area contributed by atoms with Crippen LogP contribution in [0.4, 0.5) is 0 Å². The third-order valence-corrected chi connectivity index (χ3v) is 5.10. The SMILES string of the molecule is CCCOc1ccc(C(=O)NNC(=O)C(c2ccccc2)c2ccccc2)cc1Br. The van der Waals surface area contributed by atoms with Crippen molar-refractivity contribution in [1.29, 1.82) is 0 Å². The average molecular weight is 467 g/mol. The maximum Gasteiger partial charge on any atom is 0.269 e. The van der Waals surface area contributed by atoms with Crippen LogP contribution in [0.15, 0.2) is 83.3 Å². The molecule has 0 saturated carbocycles. The van der Waals surface area contributed by atoms with Gasteiger partial charge in [-0.3, -0.25) is 20.4 Å². The number of ether oxygens (including phenoxy) is 1. The van der Waals surface area contributed by atoms with Crippen molar-refractivity contribution in [3.8, 4) is 5.75 Å².